The number of aryl methyl sites for hydroxylation is 2. The lowest BCUT2D eigenvalue weighted by Crippen LogP contribution is -2.38. The van der Waals surface area contributed by atoms with Gasteiger partial charge in [-0.05, 0) is 74.2 Å². The number of thioether (sulfide) groups is 1. The smallest absolute Gasteiger partial charge is 0.264 e. The maximum Gasteiger partial charge on any atom is 0.264 e. The summed E-state index contributed by atoms with van der Waals surface area (Å²) in [5.41, 5.74) is 2.78. The summed E-state index contributed by atoms with van der Waals surface area (Å²) in [6.07, 6.45) is 1.92. The average molecular weight is 475 g/mol. The van der Waals surface area contributed by atoms with Crippen LogP contribution in [0.5, 0.6) is 0 Å². The summed E-state index contributed by atoms with van der Waals surface area (Å²) in [6, 6.07) is 18.8. The Morgan fingerprint density at radius 1 is 1.00 bits per heavy atom. The van der Waals surface area contributed by atoms with Gasteiger partial charge in [-0.2, -0.15) is 0 Å². The van der Waals surface area contributed by atoms with Crippen molar-refractivity contribution in [2.75, 3.05) is 22.4 Å². The summed E-state index contributed by atoms with van der Waals surface area (Å²) in [5, 5.41) is 3.26. The van der Waals surface area contributed by atoms with E-state index in [0.717, 1.165) is 20.3 Å². The average Bonchev–Trinajstić information content (AvgIpc) is 2.75. The van der Waals surface area contributed by atoms with Crippen molar-refractivity contribution in [3.63, 3.8) is 0 Å². The fourth-order valence-electron chi connectivity index (χ4n) is 2.95. The van der Waals surface area contributed by atoms with Crippen molar-refractivity contribution in [1.82, 2.24) is 0 Å². The molecule has 8 heteroatoms. The molecule has 3 aromatic rings. The Morgan fingerprint density at radius 3 is 2.26 bits per heavy atom. The zero-order chi connectivity index (χ0) is 22.6. The minimum Gasteiger partial charge on any atom is -0.324 e. The topological polar surface area (TPSA) is 66.5 Å². The highest BCUT2D eigenvalue weighted by atomic mass is 35.5. The number of anilines is 2. The number of hydrogen-bond donors (Lipinski definition) is 1. The molecule has 0 aliphatic rings. The van der Waals surface area contributed by atoms with Gasteiger partial charge in [-0.1, -0.05) is 35.4 Å². The first-order chi connectivity index (χ1) is 14.7. The van der Waals surface area contributed by atoms with E-state index in [1.54, 1.807) is 54.6 Å². The fourth-order valence-corrected chi connectivity index (χ4v) is 4.95. The minimum absolute atomic E-state index is 0.123. The fraction of sp³-hybridized carbons (Fsp3) is 0.174. The Hall–Kier alpha value is -2.48. The molecular formula is C23H23ClN2O3S2. The highest BCUT2D eigenvalue weighted by molar-refractivity contribution is 7.98. The molecule has 0 heterocycles. The van der Waals surface area contributed by atoms with Gasteiger partial charge in [-0.25, -0.2) is 8.42 Å². The van der Waals surface area contributed by atoms with E-state index in [1.165, 1.54) is 11.8 Å². The molecule has 0 fully saturated rings. The normalized spacial score (nSPS) is 11.2. The zero-order valence-electron chi connectivity index (χ0n) is 17.4. The number of benzene rings is 3. The Balaban J connectivity index is 1.95. The molecule has 0 saturated heterocycles. The molecule has 1 N–H and O–H groups in total. The van der Waals surface area contributed by atoms with E-state index in [4.69, 9.17) is 11.6 Å². The molecule has 0 bridgehead atoms. The van der Waals surface area contributed by atoms with Crippen LogP contribution in [0, 0.1) is 13.8 Å². The van der Waals surface area contributed by atoms with Crippen LogP contribution in [0.1, 0.15) is 11.1 Å². The van der Waals surface area contributed by atoms with Gasteiger partial charge >= 0.3 is 0 Å². The van der Waals surface area contributed by atoms with Crippen molar-refractivity contribution in [2.45, 2.75) is 23.6 Å². The van der Waals surface area contributed by atoms with Gasteiger partial charge in [0.1, 0.15) is 6.54 Å². The van der Waals surface area contributed by atoms with E-state index in [2.05, 4.69) is 5.32 Å². The van der Waals surface area contributed by atoms with Crippen LogP contribution in [0.25, 0.3) is 0 Å². The molecule has 162 valence electrons. The number of nitrogens with zero attached hydrogens (tertiary/aromatic N) is 1. The third-order valence-corrected chi connectivity index (χ3v) is 7.50. The van der Waals surface area contributed by atoms with E-state index in [9.17, 15) is 13.2 Å². The number of carbonyl (C=O) groups is 1. The van der Waals surface area contributed by atoms with E-state index >= 15 is 0 Å². The Kier molecular flexibility index (Phi) is 7.30. The van der Waals surface area contributed by atoms with E-state index in [1.807, 2.05) is 32.2 Å². The quantitative estimate of drug-likeness (QED) is 0.458. The second kappa shape index (κ2) is 9.77. The largest absolute Gasteiger partial charge is 0.324 e. The van der Waals surface area contributed by atoms with Crippen LogP contribution >= 0.6 is 23.4 Å². The van der Waals surface area contributed by atoms with Crippen LogP contribution in [-0.4, -0.2) is 27.1 Å². The summed E-state index contributed by atoms with van der Waals surface area (Å²) in [6.45, 7) is 3.38. The van der Waals surface area contributed by atoms with Crippen molar-refractivity contribution in [2.24, 2.45) is 0 Å². The lowest BCUT2D eigenvalue weighted by Gasteiger charge is -2.24. The summed E-state index contributed by atoms with van der Waals surface area (Å²) in [4.78, 5) is 13.9. The zero-order valence-corrected chi connectivity index (χ0v) is 19.8. The number of nitrogens with one attached hydrogen (secondary N) is 1. The van der Waals surface area contributed by atoms with Gasteiger partial charge in [0.05, 0.1) is 10.6 Å². The van der Waals surface area contributed by atoms with Gasteiger partial charge in [0, 0.05) is 15.6 Å². The second-order valence-electron chi connectivity index (χ2n) is 7.03. The van der Waals surface area contributed by atoms with Crippen LogP contribution in [0.2, 0.25) is 5.02 Å². The molecule has 0 saturated carbocycles. The molecule has 0 radical (unpaired) electrons. The predicted octanol–water partition coefficient (Wildman–Crippen LogP) is 5.51. The molecule has 0 spiro atoms. The monoisotopic (exact) mass is 474 g/mol. The molecule has 0 aliphatic carbocycles. The first kappa shape index (κ1) is 23.2. The number of hydrogen-bond acceptors (Lipinski definition) is 4. The van der Waals surface area contributed by atoms with Gasteiger partial charge in [0.15, 0.2) is 0 Å². The van der Waals surface area contributed by atoms with Crippen LogP contribution in [0.4, 0.5) is 11.4 Å². The van der Waals surface area contributed by atoms with Crippen LogP contribution in [-0.2, 0) is 14.8 Å². The third kappa shape index (κ3) is 5.61. The summed E-state index contributed by atoms with van der Waals surface area (Å²) in [5.74, 6) is -0.463. The van der Waals surface area contributed by atoms with E-state index < -0.39 is 15.9 Å². The Bertz CT molecular complexity index is 1180. The number of carbonyl (C=O) groups excluding carboxylic acids is 1. The Labute approximate surface area is 192 Å². The maximum absolute atomic E-state index is 13.4. The van der Waals surface area contributed by atoms with Crippen LogP contribution < -0.4 is 9.62 Å². The number of amides is 1. The first-order valence-corrected chi connectivity index (χ1v) is 12.5. The Morgan fingerprint density at radius 2 is 1.65 bits per heavy atom. The summed E-state index contributed by atoms with van der Waals surface area (Å²) < 4.78 is 28.0. The lowest BCUT2D eigenvalue weighted by molar-refractivity contribution is -0.114. The third-order valence-electron chi connectivity index (χ3n) is 4.73. The molecule has 0 atom stereocenters. The maximum atomic E-state index is 13.4. The minimum atomic E-state index is -3.96. The SMILES string of the molecule is CSc1ccc(S(=O)(=O)N(CC(=O)Nc2cc(Cl)ccc2C)c2ccc(C)cc2)cc1. The van der Waals surface area contributed by atoms with Gasteiger partial charge in [0.2, 0.25) is 5.91 Å². The summed E-state index contributed by atoms with van der Waals surface area (Å²) >= 11 is 7.56. The second-order valence-corrected chi connectivity index (χ2v) is 10.2. The molecular weight excluding hydrogens is 452 g/mol. The molecule has 5 nitrogen and oxygen atoms in total. The molecule has 3 rings (SSSR count). The number of sulfonamides is 1. The standard InChI is InChI=1S/C23H23ClN2O3S2/c1-16-4-8-19(9-5-16)26(31(28,29)21-12-10-20(30-3)11-13-21)15-23(27)25-22-14-18(24)7-6-17(22)2/h4-14H,15H2,1-3H3,(H,25,27). The van der Waals surface area contributed by atoms with E-state index in [-0.39, 0.29) is 11.4 Å². The van der Waals surface area contributed by atoms with Crippen LogP contribution in [0.15, 0.2) is 76.5 Å². The summed E-state index contributed by atoms with van der Waals surface area (Å²) in [7, 11) is -3.96. The number of rotatable bonds is 7. The molecule has 1 amide bonds. The highest BCUT2D eigenvalue weighted by Crippen LogP contribution is 2.26. The van der Waals surface area contributed by atoms with Crippen molar-refractivity contribution < 1.29 is 13.2 Å². The first-order valence-electron chi connectivity index (χ1n) is 9.50. The van der Waals surface area contributed by atoms with Gasteiger partial charge < -0.3 is 5.32 Å². The van der Waals surface area contributed by atoms with E-state index in [0.29, 0.717) is 16.4 Å². The van der Waals surface area contributed by atoms with Crippen molar-refractivity contribution >= 4 is 50.7 Å². The van der Waals surface area contributed by atoms with Gasteiger partial charge in [0.25, 0.3) is 10.0 Å². The van der Waals surface area contributed by atoms with Crippen molar-refractivity contribution in [3.8, 4) is 0 Å². The van der Waals surface area contributed by atoms with Gasteiger partial charge in [-0.3, -0.25) is 9.10 Å². The molecule has 0 aliphatic heterocycles. The molecule has 3 aromatic carbocycles. The highest BCUT2D eigenvalue weighted by Gasteiger charge is 2.27. The predicted molar refractivity (Wildman–Crippen MR) is 129 cm³/mol. The van der Waals surface area contributed by atoms with Crippen LogP contribution in [0.3, 0.4) is 0 Å². The molecule has 0 aromatic heterocycles. The molecule has 0 unspecified atom stereocenters. The molecule has 31 heavy (non-hydrogen) atoms. The van der Waals surface area contributed by atoms with Gasteiger partial charge in [-0.15, -0.1) is 11.8 Å². The number of halogens is 1. The van der Waals surface area contributed by atoms with Crippen molar-refractivity contribution in [3.05, 3.63) is 82.9 Å². The lowest BCUT2D eigenvalue weighted by atomic mass is 10.2. The van der Waals surface area contributed by atoms with Crippen molar-refractivity contribution in [1.29, 1.82) is 0 Å².